The first kappa shape index (κ1) is 27.5. The number of rotatable bonds is 11. The molecular weight excluding hydrogens is 518 g/mol. The Hall–Kier alpha value is -5.03. The van der Waals surface area contributed by atoms with Crippen LogP contribution in [0.3, 0.4) is 0 Å². The average molecular weight is 552 g/mol. The molecule has 0 spiro atoms. The number of carbonyl (C=O) groups is 1. The van der Waals surface area contributed by atoms with Crippen molar-refractivity contribution in [3.8, 4) is 5.75 Å². The molecule has 0 aliphatic rings. The molecule has 41 heavy (non-hydrogen) atoms. The van der Waals surface area contributed by atoms with Crippen molar-refractivity contribution in [2.24, 2.45) is 5.73 Å². The van der Waals surface area contributed by atoms with E-state index in [-0.39, 0.29) is 24.1 Å². The summed E-state index contributed by atoms with van der Waals surface area (Å²) in [7, 11) is 0. The highest BCUT2D eigenvalue weighted by atomic mass is 16.5. The van der Waals surface area contributed by atoms with E-state index in [0.717, 1.165) is 33.2 Å². The lowest BCUT2D eigenvalue weighted by Crippen LogP contribution is -2.31. The van der Waals surface area contributed by atoms with Crippen LogP contribution < -0.4 is 32.2 Å². The molecule has 0 fully saturated rings. The minimum atomic E-state index is -0.104. The highest BCUT2D eigenvalue weighted by Gasteiger charge is 2.19. The maximum Gasteiger partial charge on any atom is 0.227 e. The number of fused-ring (bicyclic) bond motifs is 2. The number of benzene rings is 3. The van der Waals surface area contributed by atoms with Crippen LogP contribution in [0.25, 0.3) is 21.8 Å². The SMILES string of the molecule is CCOc1ccc2ccccc2c1CN(CCC(=O)NCc1cccc(CN)c1)c1ncc2c(N)nc(N)nc2n1. The van der Waals surface area contributed by atoms with E-state index in [0.29, 0.717) is 49.8 Å². The van der Waals surface area contributed by atoms with Gasteiger partial charge in [-0.15, -0.1) is 0 Å². The van der Waals surface area contributed by atoms with Crippen molar-refractivity contribution in [2.75, 3.05) is 29.5 Å². The zero-order valence-electron chi connectivity index (χ0n) is 22.9. The topological polar surface area (TPSA) is 171 Å². The molecule has 0 atom stereocenters. The van der Waals surface area contributed by atoms with E-state index < -0.39 is 0 Å². The normalized spacial score (nSPS) is 11.1. The molecule has 0 aliphatic carbocycles. The zero-order valence-corrected chi connectivity index (χ0v) is 22.9. The van der Waals surface area contributed by atoms with Gasteiger partial charge in [-0.3, -0.25) is 4.79 Å². The number of aromatic nitrogens is 4. The van der Waals surface area contributed by atoms with Crippen molar-refractivity contribution in [1.29, 1.82) is 0 Å². The number of nitrogen functional groups attached to an aromatic ring is 2. The largest absolute Gasteiger partial charge is 0.494 e. The second kappa shape index (κ2) is 12.4. The predicted octanol–water partition coefficient (Wildman–Crippen LogP) is 3.31. The van der Waals surface area contributed by atoms with Gasteiger partial charge in [-0.1, -0.05) is 54.6 Å². The lowest BCUT2D eigenvalue weighted by atomic mass is 10.0. The summed E-state index contributed by atoms with van der Waals surface area (Å²) in [4.78, 5) is 32.4. The summed E-state index contributed by atoms with van der Waals surface area (Å²) in [6.45, 7) is 4.05. The fourth-order valence-corrected chi connectivity index (χ4v) is 4.70. The van der Waals surface area contributed by atoms with Gasteiger partial charge in [-0.25, -0.2) is 4.98 Å². The fraction of sp³-hybridized carbons (Fsp3) is 0.233. The van der Waals surface area contributed by atoms with Crippen LogP contribution in [0.2, 0.25) is 0 Å². The van der Waals surface area contributed by atoms with Crippen molar-refractivity contribution >= 4 is 45.4 Å². The van der Waals surface area contributed by atoms with Crippen LogP contribution in [0.4, 0.5) is 17.7 Å². The molecule has 11 heteroatoms. The number of ether oxygens (including phenoxy) is 1. The molecule has 2 aromatic heterocycles. The van der Waals surface area contributed by atoms with Crippen molar-refractivity contribution in [3.63, 3.8) is 0 Å². The van der Waals surface area contributed by atoms with E-state index >= 15 is 0 Å². The summed E-state index contributed by atoms with van der Waals surface area (Å²) in [6, 6.07) is 20.0. The van der Waals surface area contributed by atoms with Gasteiger partial charge in [-0.05, 0) is 34.9 Å². The smallest absolute Gasteiger partial charge is 0.227 e. The molecule has 5 aromatic rings. The van der Waals surface area contributed by atoms with E-state index in [1.165, 1.54) is 0 Å². The second-order valence-electron chi connectivity index (χ2n) is 9.54. The van der Waals surface area contributed by atoms with Crippen molar-refractivity contribution < 1.29 is 9.53 Å². The Kier molecular flexibility index (Phi) is 8.35. The molecule has 0 saturated heterocycles. The molecule has 210 valence electrons. The Morgan fingerprint density at radius 3 is 2.63 bits per heavy atom. The summed E-state index contributed by atoms with van der Waals surface area (Å²) >= 11 is 0. The number of hydrogen-bond acceptors (Lipinski definition) is 10. The Bertz CT molecular complexity index is 1690. The number of amides is 1. The first-order valence-corrected chi connectivity index (χ1v) is 13.4. The first-order chi connectivity index (χ1) is 19.9. The van der Waals surface area contributed by atoms with Crippen LogP contribution in [-0.4, -0.2) is 39.0 Å². The summed E-state index contributed by atoms with van der Waals surface area (Å²) in [5.74, 6) is 1.27. The number of hydrogen-bond donors (Lipinski definition) is 4. The molecule has 3 aromatic carbocycles. The molecule has 5 rings (SSSR count). The Labute approximate surface area is 237 Å². The van der Waals surface area contributed by atoms with E-state index in [4.69, 9.17) is 21.9 Å². The van der Waals surface area contributed by atoms with Crippen LogP contribution in [-0.2, 0) is 24.4 Å². The van der Waals surface area contributed by atoms with Gasteiger partial charge >= 0.3 is 0 Å². The van der Waals surface area contributed by atoms with Gasteiger partial charge in [0.1, 0.15) is 11.6 Å². The molecule has 0 radical (unpaired) electrons. The maximum absolute atomic E-state index is 13.0. The predicted molar refractivity (Wildman–Crippen MR) is 161 cm³/mol. The van der Waals surface area contributed by atoms with Gasteiger partial charge < -0.3 is 32.2 Å². The summed E-state index contributed by atoms with van der Waals surface area (Å²) in [6.07, 6.45) is 1.79. The molecule has 11 nitrogen and oxygen atoms in total. The number of nitrogens with one attached hydrogen (secondary N) is 1. The fourth-order valence-electron chi connectivity index (χ4n) is 4.70. The number of nitrogens with two attached hydrogens (primary N) is 3. The highest BCUT2D eigenvalue weighted by Crippen LogP contribution is 2.31. The lowest BCUT2D eigenvalue weighted by molar-refractivity contribution is -0.121. The number of anilines is 3. The van der Waals surface area contributed by atoms with Crippen LogP contribution in [0.5, 0.6) is 5.75 Å². The molecule has 2 heterocycles. The van der Waals surface area contributed by atoms with Crippen molar-refractivity contribution in [2.45, 2.75) is 33.0 Å². The molecule has 0 unspecified atom stereocenters. The Morgan fingerprint density at radius 2 is 1.80 bits per heavy atom. The molecule has 7 N–H and O–H groups in total. The van der Waals surface area contributed by atoms with Gasteiger partial charge in [0.05, 0.1) is 18.5 Å². The van der Waals surface area contributed by atoms with Crippen LogP contribution in [0, 0.1) is 0 Å². The van der Waals surface area contributed by atoms with Gasteiger partial charge in [0.25, 0.3) is 0 Å². The van der Waals surface area contributed by atoms with E-state index in [2.05, 4.69) is 37.4 Å². The maximum atomic E-state index is 13.0. The molecular formula is C30H33N9O2. The van der Waals surface area contributed by atoms with Crippen LogP contribution >= 0.6 is 0 Å². The van der Waals surface area contributed by atoms with E-state index in [1.54, 1.807) is 6.20 Å². The van der Waals surface area contributed by atoms with Gasteiger partial charge in [0.2, 0.25) is 17.8 Å². The Balaban J connectivity index is 1.44. The Morgan fingerprint density at radius 1 is 0.976 bits per heavy atom. The number of carbonyl (C=O) groups excluding carboxylic acids is 1. The molecule has 0 bridgehead atoms. The number of nitrogens with zero attached hydrogens (tertiary/aromatic N) is 5. The average Bonchev–Trinajstić information content (AvgIpc) is 2.98. The van der Waals surface area contributed by atoms with Crippen molar-refractivity contribution in [3.05, 3.63) is 83.6 Å². The molecule has 0 aliphatic heterocycles. The standard InChI is InChI=1S/C30H33N9O2/c1-2-41-25-11-10-21-8-3-4-9-22(21)24(25)18-39(30-35-17-23-27(32)36-29(33)37-28(23)38-30)13-12-26(40)34-16-20-7-5-6-19(14-20)15-31/h3-11,14,17H,2,12-13,15-16,18,31H2,1H3,(H,34,40)(H4,32,33,35,36,37,38). The third-order valence-corrected chi connectivity index (χ3v) is 6.74. The molecule has 1 amide bonds. The van der Waals surface area contributed by atoms with Gasteiger partial charge in [0, 0.05) is 37.8 Å². The lowest BCUT2D eigenvalue weighted by Gasteiger charge is -2.25. The first-order valence-electron chi connectivity index (χ1n) is 13.4. The monoisotopic (exact) mass is 551 g/mol. The summed E-state index contributed by atoms with van der Waals surface area (Å²) in [5.41, 5.74) is 20.9. The van der Waals surface area contributed by atoms with Crippen molar-refractivity contribution in [1.82, 2.24) is 25.3 Å². The minimum absolute atomic E-state index is 0.0250. The third kappa shape index (κ3) is 6.42. The van der Waals surface area contributed by atoms with E-state index in [9.17, 15) is 4.79 Å². The molecule has 0 saturated carbocycles. The highest BCUT2D eigenvalue weighted by molar-refractivity contribution is 5.88. The third-order valence-electron chi connectivity index (χ3n) is 6.74. The summed E-state index contributed by atoms with van der Waals surface area (Å²) in [5, 5.41) is 5.63. The van der Waals surface area contributed by atoms with Gasteiger partial charge in [0.15, 0.2) is 5.65 Å². The minimum Gasteiger partial charge on any atom is -0.494 e. The quantitative estimate of drug-likeness (QED) is 0.191. The van der Waals surface area contributed by atoms with E-state index in [1.807, 2.05) is 60.4 Å². The zero-order chi connectivity index (χ0) is 28.8. The second-order valence-corrected chi connectivity index (χ2v) is 9.54. The van der Waals surface area contributed by atoms with Crippen LogP contribution in [0.15, 0.2) is 66.9 Å². The van der Waals surface area contributed by atoms with Gasteiger partial charge in [-0.2, -0.15) is 15.0 Å². The van der Waals surface area contributed by atoms with Crippen LogP contribution in [0.1, 0.15) is 30.0 Å². The summed E-state index contributed by atoms with van der Waals surface area (Å²) < 4.78 is 6.01.